The molecule has 1 aromatic heterocycles. The summed E-state index contributed by atoms with van der Waals surface area (Å²) in [6.07, 6.45) is -3.55. The van der Waals surface area contributed by atoms with Crippen LogP contribution < -0.4 is 9.80 Å². The Morgan fingerprint density at radius 2 is 1.92 bits per heavy atom. The highest BCUT2D eigenvalue weighted by Gasteiger charge is 2.39. The lowest BCUT2D eigenvalue weighted by Gasteiger charge is -2.46. The van der Waals surface area contributed by atoms with Gasteiger partial charge in [-0.2, -0.15) is 13.2 Å². The topological polar surface area (TPSA) is 39.7 Å². The molecule has 9 heteroatoms. The van der Waals surface area contributed by atoms with Crippen molar-refractivity contribution < 1.29 is 18.0 Å². The van der Waals surface area contributed by atoms with E-state index >= 15 is 0 Å². The van der Waals surface area contributed by atoms with Crippen LogP contribution in [0.3, 0.4) is 0 Å². The number of fused-ring (bicyclic) bond motifs is 1. The van der Waals surface area contributed by atoms with Crippen LogP contribution in [-0.2, 0) is 4.79 Å². The Morgan fingerprint density at radius 1 is 1.27 bits per heavy atom. The van der Waals surface area contributed by atoms with Crippen LogP contribution in [0.25, 0.3) is 0 Å². The molecule has 1 aromatic rings. The predicted molar refractivity (Wildman–Crippen MR) is 94.7 cm³/mol. The fraction of sp³-hybridized carbons (Fsp3) is 0.647. The van der Waals surface area contributed by atoms with E-state index in [2.05, 4.69) is 4.98 Å². The molecule has 0 bridgehead atoms. The molecule has 5 nitrogen and oxygen atoms in total. The number of nitrogens with zero attached hydrogens (tertiary/aromatic N) is 4. The molecule has 2 aliphatic rings. The number of amides is 1. The normalized spacial score (nSPS) is 22.7. The van der Waals surface area contributed by atoms with Crippen LogP contribution in [0.2, 0.25) is 5.15 Å². The number of hydrogen-bond donors (Lipinski definition) is 0. The van der Waals surface area contributed by atoms with Gasteiger partial charge in [0.1, 0.15) is 11.2 Å². The van der Waals surface area contributed by atoms with Gasteiger partial charge in [-0.25, -0.2) is 4.98 Å². The summed E-state index contributed by atoms with van der Waals surface area (Å²) in [5.41, 5.74) is 0.706. The Morgan fingerprint density at radius 3 is 2.54 bits per heavy atom. The van der Waals surface area contributed by atoms with Crippen molar-refractivity contribution in [2.45, 2.75) is 44.4 Å². The molecule has 3 rings (SSSR count). The number of piperidine rings is 1. The zero-order valence-corrected chi connectivity index (χ0v) is 15.5. The SMILES string of the molecule is C[C@@H]1C(=O)N(C)c2ccc(Cl)nc2N1C1CCN(CCC(F)(F)F)CC1. The van der Waals surface area contributed by atoms with Gasteiger partial charge in [0, 0.05) is 32.7 Å². The van der Waals surface area contributed by atoms with E-state index in [0.29, 0.717) is 42.6 Å². The highest BCUT2D eigenvalue weighted by Crippen LogP contribution is 2.38. The number of halogens is 4. The third-order valence-electron chi connectivity index (χ3n) is 5.19. The second-order valence-corrected chi connectivity index (χ2v) is 7.28. The molecule has 26 heavy (non-hydrogen) atoms. The summed E-state index contributed by atoms with van der Waals surface area (Å²) in [6.45, 7) is 3.00. The lowest BCUT2D eigenvalue weighted by Crippen LogP contribution is -2.57. The number of likely N-dealkylation sites (N-methyl/N-ethyl adjacent to an activating group) is 1. The number of carbonyl (C=O) groups excluding carboxylic acids is 1. The number of hydrogen-bond acceptors (Lipinski definition) is 4. The number of aromatic nitrogens is 1. The molecule has 0 spiro atoms. The van der Waals surface area contributed by atoms with Crippen molar-refractivity contribution in [1.82, 2.24) is 9.88 Å². The summed E-state index contributed by atoms with van der Waals surface area (Å²) in [7, 11) is 1.71. The molecule has 2 aliphatic heterocycles. The molecule has 1 saturated heterocycles. The second kappa shape index (κ2) is 7.23. The highest BCUT2D eigenvalue weighted by molar-refractivity contribution is 6.29. The maximum Gasteiger partial charge on any atom is 0.390 e. The number of carbonyl (C=O) groups is 1. The maximum atomic E-state index is 12.6. The third kappa shape index (κ3) is 3.91. The van der Waals surface area contributed by atoms with Gasteiger partial charge in [0.15, 0.2) is 5.82 Å². The lowest BCUT2D eigenvalue weighted by molar-refractivity contribution is -0.138. The highest BCUT2D eigenvalue weighted by atomic mass is 35.5. The van der Waals surface area contributed by atoms with Crippen LogP contribution >= 0.6 is 11.6 Å². The van der Waals surface area contributed by atoms with Crippen molar-refractivity contribution in [3.63, 3.8) is 0 Å². The van der Waals surface area contributed by atoms with E-state index in [1.165, 1.54) is 0 Å². The summed E-state index contributed by atoms with van der Waals surface area (Å²) >= 11 is 6.06. The Balaban J connectivity index is 1.74. The van der Waals surface area contributed by atoms with E-state index in [4.69, 9.17) is 11.6 Å². The molecule has 1 amide bonds. The molecule has 144 valence electrons. The summed E-state index contributed by atoms with van der Waals surface area (Å²) in [4.78, 5) is 22.4. The van der Waals surface area contributed by atoms with Crippen LogP contribution in [0.15, 0.2) is 12.1 Å². The minimum Gasteiger partial charge on any atom is -0.340 e. The first-order valence-corrected chi connectivity index (χ1v) is 9.07. The number of rotatable bonds is 3. The monoisotopic (exact) mass is 390 g/mol. The van der Waals surface area contributed by atoms with Crippen LogP contribution in [-0.4, -0.2) is 60.7 Å². The van der Waals surface area contributed by atoms with Gasteiger partial charge >= 0.3 is 6.18 Å². The van der Waals surface area contributed by atoms with Crippen molar-refractivity contribution in [3.8, 4) is 0 Å². The van der Waals surface area contributed by atoms with Gasteiger partial charge in [-0.3, -0.25) is 4.79 Å². The van der Waals surface area contributed by atoms with Gasteiger partial charge in [-0.05, 0) is 31.9 Å². The lowest BCUT2D eigenvalue weighted by atomic mass is 9.98. The van der Waals surface area contributed by atoms with E-state index in [1.54, 1.807) is 24.1 Å². The van der Waals surface area contributed by atoms with Crippen LogP contribution in [0.4, 0.5) is 24.7 Å². The minimum atomic E-state index is -4.13. The van der Waals surface area contributed by atoms with Gasteiger partial charge < -0.3 is 14.7 Å². The molecule has 0 N–H and O–H groups in total. The smallest absolute Gasteiger partial charge is 0.340 e. The van der Waals surface area contributed by atoms with Crippen molar-refractivity contribution in [1.29, 1.82) is 0 Å². The van der Waals surface area contributed by atoms with E-state index in [-0.39, 0.29) is 24.5 Å². The van der Waals surface area contributed by atoms with Gasteiger partial charge in [-0.1, -0.05) is 11.6 Å². The van der Waals surface area contributed by atoms with Crippen LogP contribution in [0.1, 0.15) is 26.2 Å². The van der Waals surface area contributed by atoms with Gasteiger partial charge in [0.25, 0.3) is 0 Å². The Kier molecular flexibility index (Phi) is 5.35. The Bertz CT molecular complexity index is 676. The Labute approximate surface area is 155 Å². The zero-order chi connectivity index (χ0) is 19.1. The molecule has 0 saturated carbocycles. The quantitative estimate of drug-likeness (QED) is 0.742. The first kappa shape index (κ1) is 19.2. The number of likely N-dealkylation sites (tertiary alicyclic amines) is 1. The van der Waals surface area contributed by atoms with E-state index in [1.807, 2.05) is 16.7 Å². The fourth-order valence-corrected chi connectivity index (χ4v) is 3.91. The molecule has 1 fully saturated rings. The van der Waals surface area contributed by atoms with Gasteiger partial charge in [-0.15, -0.1) is 0 Å². The van der Waals surface area contributed by atoms with Crippen molar-refractivity contribution in [2.24, 2.45) is 0 Å². The average molecular weight is 391 g/mol. The number of alkyl halides is 3. The molecule has 0 radical (unpaired) electrons. The standard InChI is InChI=1S/C17H22ClF3N4O/c1-11-16(26)23(2)13-3-4-14(18)22-15(13)25(11)12-5-8-24(9-6-12)10-7-17(19,20)21/h3-4,11-12H,5-10H2,1-2H3/t11-/m1/s1. The van der Waals surface area contributed by atoms with Crippen molar-refractivity contribution in [2.75, 3.05) is 36.5 Å². The van der Waals surface area contributed by atoms with Crippen LogP contribution in [0.5, 0.6) is 0 Å². The Hall–Kier alpha value is -1.54. The summed E-state index contributed by atoms with van der Waals surface area (Å²) in [5.74, 6) is 0.641. The average Bonchev–Trinajstić information content (AvgIpc) is 2.58. The van der Waals surface area contributed by atoms with Crippen molar-refractivity contribution >= 4 is 29.0 Å². The second-order valence-electron chi connectivity index (χ2n) is 6.90. The third-order valence-corrected chi connectivity index (χ3v) is 5.40. The van der Waals surface area contributed by atoms with E-state index in [9.17, 15) is 18.0 Å². The molecular formula is C17H22ClF3N4O. The molecular weight excluding hydrogens is 369 g/mol. The predicted octanol–water partition coefficient (Wildman–Crippen LogP) is 3.32. The summed E-state index contributed by atoms with van der Waals surface area (Å²) in [5, 5.41) is 0.353. The minimum absolute atomic E-state index is 0.0219. The fourth-order valence-electron chi connectivity index (χ4n) is 3.77. The molecule has 1 atom stereocenters. The maximum absolute atomic E-state index is 12.6. The largest absolute Gasteiger partial charge is 0.390 e. The molecule has 0 aliphatic carbocycles. The van der Waals surface area contributed by atoms with Crippen LogP contribution in [0, 0.1) is 0 Å². The molecule has 0 aromatic carbocycles. The number of pyridine rings is 1. The van der Waals surface area contributed by atoms with Crippen molar-refractivity contribution in [3.05, 3.63) is 17.3 Å². The zero-order valence-electron chi connectivity index (χ0n) is 14.8. The van der Waals surface area contributed by atoms with Gasteiger partial charge in [0.2, 0.25) is 5.91 Å². The molecule has 0 unspecified atom stereocenters. The first-order valence-electron chi connectivity index (χ1n) is 8.69. The molecule has 3 heterocycles. The van der Waals surface area contributed by atoms with E-state index < -0.39 is 12.6 Å². The number of anilines is 2. The van der Waals surface area contributed by atoms with E-state index in [0.717, 1.165) is 0 Å². The first-order chi connectivity index (χ1) is 12.2. The summed E-state index contributed by atoms with van der Waals surface area (Å²) in [6, 6.07) is 3.09. The summed E-state index contributed by atoms with van der Waals surface area (Å²) < 4.78 is 37.2. The van der Waals surface area contributed by atoms with Gasteiger partial charge in [0.05, 0.1) is 12.1 Å².